The first kappa shape index (κ1) is 12.3. The SMILES string of the molecule is Fc1cccc(CCNCc2ccc(Br)o2)c1. The number of halogens is 2. The topological polar surface area (TPSA) is 25.2 Å². The summed E-state index contributed by atoms with van der Waals surface area (Å²) < 4.78 is 19.0. The van der Waals surface area contributed by atoms with Gasteiger partial charge >= 0.3 is 0 Å². The molecule has 0 unspecified atom stereocenters. The average Bonchev–Trinajstić information content (AvgIpc) is 2.71. The van der Waals surface area contributed by atoms with Gasteiger partial charge in [-0.25, -0.2) is 4.39 Å². The minimum absolute atomic E-state index is 0.183. The summed E-state index contributed by atoms with van der Waals surface area (Å²) in [6.07, 6.45) is 0.805. The number of furan rings is 1. The maximum atomic E-state index is 12.9. The van der Waals surface area contributed by atoms with Crippen LogP contribution in [0.25, 0.3) is 0 Å². The lowest BCUT2D eigenvalue weighted by atomic mass is 10.1. The van der Waals surface area contributed by atoms with Crippen LogP contribution in [-0.2, 0) is 13.0 Å². The van der Waals surface area contributed by atoms with Crippen LogP contribution in [-0.4, -0.2) is 6.54 Å². The van der Waals surface area contributed by atoms with Gasteiger partial charge in [-0.05, 0) is 58.7 Å². The van der Waals surface area contributed by atoms with Gasteiger partial charge in [-0.15, -0.1) is 0 Å². The Hall–Kier alpha value is -1.13. The van der Waals surface area contributed by atoms with E-state index in [1.165, 1.54) is 6.07 Å². The van der Waals surface area contributed by atoms with E-state index in [0.29, 0.717) is 6.54 Å². The van der Waals surface area contributed by atoms with Gasteiger partial charge in [0.25, 0.3) is 0 Å². The summed E-state index contributed by atoms with van der Waals surface area (Å²) >= 11 is 3.25. The number of nitrogens with one attached hydrogen (secondary N) is 1. The van der Waals surface area contributed by atoms with Crippen LogP contribution < -0.4 is 5.32 Å². The van der Waals surface area contributed by atoms with E-state index in [4.69, 9.17) is 4.42 Å². The predicted molar refractivity (Wildman–Crippen MR) is 68.2 cm³/mol. The first-order valence-electron chi connectivity index (χ1n) is 5.43. The molecule has 1 aromatic heterocycles. The van der Waals surface area contributed by atoms with Gasteiger partial charge in [0.15, 0.2) is 4.67 Å². The predicted octanol–water partition coefficient (Wildman–Crippen LogP) is 3.51. The van der Waals surface area contributed by atoms with E-state index in [9.17, 15) is 4.39 Å². The lowest BCUT2D eigenvalue weighted by Gasteiger charge is -2.03. The Morgan fingerprint density at radius 1 is 1.24 bits per heavy atom. The Morgan fingerprint density at radius 2 is 2.12 bits per heavy atom. The summed E-state index contributed by atoms with van der Waals surface area (Å²) in [6, 6.07) is 10.5. The molecule has 0 bridgehead atoms. The molecule has 0 saturated carbocycles. The molecule has 0 amide bonds. The Morgan fingerprint density at radius 3 is 2.82 bits per heavy atom. The van der Waals surface area contributed by atoms with Crippen molar-refractivity contribution in [2.24, 2.45) is 0 Å². The molecule has 0 spiro atoms. The molecule has 2 aromatic rings. The third kappa shape index (κ3) is 3.98. The molecule has 2 rings (SSSR count). The van der Waals surface area contributed by atoms with E-state index in [2.05, 4.69) is 21.2 Å². The van der Waals surface area contributed by atoms with Crippen LogP contribution in [0.5, 0.6) is 0 Å². The molecule has 0 atom stereocenters. The second-order valence-electron chi connectivity index (χ2n) is 3.76. The van der Waals surface area contributed by atoms with Crippen molar-refractivity contribution in [3.8, 4) is 0 Å². The fraction of sp³-hybridized carbons (Fsp3) is 0.231. The standard InChI is InChI=1S/C13H13BrFNO/c14-13-5-4-12(17-13)9-16-7-6-10-2-1-3-11(15)8-10/h1-5,8,16H,6-7,9H2. The number of hydrogen-bond donors (Lipinski definition) is 1. The van der Waals surface area contributed by atoms with Gasteiger partial charge in [0.2, 0.25) is 0 Å². The quantitative estimate of drug-likeness (QED) is 0.855. The molecule has 1 aromatic carbocycles. The Kier molecular flexibility index (Phi) is 4.34. The van der Waals surface area contributed by atoms with Crippen molar-refractivity contribution < 1.29 is 8.81 Å². The first-order valence-corrected chi connectivity index (χ1v) is 6.23. The maximum Gasteiger partial charge on any atom is 0.169 e. The highest BCUT2D eigenvalue weighted by atomic mass is 79.9. The van der Waals surface area contributed by atoms with Crippen LogP contribution in [0.2, 0.25) is 0 Å². The fourth-order valence-corrected chi connectivity index (χ4v) is 1.92. The van der Waals surface area contributed by atoms with Crippen molar-refractivity contribution in [2.75, 3.05) is 6.54 Å². The van der Waals surface area contributed by atoms with Crippen LogP contribution >= 0.6 is 15.9 Å². The van der Waals surface area contributed by atoms with E-state index < -0.39 is 0 Å². The summed E-state index contributed by atoms with van der Waals surface area (Å²) in [5.41, 5.74) is 0.998. The largest absolute Gasteiger partial charge is 0.453 e. The van der Waals surface area contributed by atoms with Crippen LogP contribution in [0.4, 0.5) is 4.39 Å². The molecule has 0 aliphatic carbocycles. The van der Waals surface area contributed by atoms with Crippen LogP contribution in [0.1, 0.15) is 11.3 Å². The van der Waals surface area contributed by atoms with Crippen molar-refractivity contribution in [1.29, 1.82) is 0 Å². The van der Waals surface area contributed by atoms with Gasteiger partial charge in [0.1, 0.15) is 11.6 Å². The number of hydrogen-bond acceptors (Lipinski definition) is 2. The lowest BCUT2D eigenvalue weighted by Crippen LogP contribution is -2.16. The third-order valence-electron chi connectivity index (χ3n) is 2.41. The number of rotatable bonds is 5. The zero-order valence-corrected chi connectivity index (χ0v) is 10.8. The van der Waals surface area contributed by atoms with Crippen molar-refractivity contribution >= 4 is 15.9 Å². The molecule has 2 nitrogen and oxygen atoms in total. The molecule has 17 heavy (non-hydrogen) atoms. The Bertz CT molecular complexity index is 484. The van der Waals surface area contributed by atoms with Gasteiger partial charge in [0, 0.05) is 0 Å². The normalized spacial score (nSPS) is 10.7. The molecule has 1 heterocycles. The summed E-state index contributed by atoms with van der Waals surface area (Å²) in [7, 11) is 0. The summed E-state index contributed by atoms with van der Waals surface area (Å²) in [4.78, 5) is 0. The molecule has 0 aliphatic heterocycles. The second-order valence-corrected chi connectivity index (χ2v) is 4.54. The first-order chi connectivity index (χ1) is 8.24. The van der Waals surface area contributed by atoms with Crippen molar-refractivity contribution in [3.05, 3.63) is 58.2 Å². The molecule has 0 saturated heterocycles. The van der Waals surface area contributed by atoms with Crippen LogP contribution in [0, 0.1) is 5.82 Å². The van der Waals surface area contributed by atoms with Gasteiger partial charge < -0.3 is 9.73 Å². The fourth-order valence-electron chi connectivity index (χ4n) is 1.58. The molecule has 1 N–H and O–H groups in total. The van der Waals surface area contributed by atoms with E-state index in [1.807, 2.05) is 18.2 Å². The molecule has 0 radical (unpaired) electrons. The van der Waals surface area contributed by atoms with Crippen LogP contribution in [0.15, 0.2) is 45.5 Å². The molecule has 4 heteroatoms. The summed E-state index contributed by atoms with van der Waals surface area (Å²) in [6.45, 7) is 1.47. The molecule has 0 aliphatic rings. The molecule has 0 fully saturated rings. The zero-order valence-electron chi connectivity index (χ0n) is 9.25. The Balaban J connectivity index is 1.73. The minimum atomic E-state index is -0.183. The number of benzene rings is 1. The molecule has 90 valence electrons. The van der Waals surface area contributed by atoms with Gasteiger partial charge in [-0.3, -0.25) is 0 Å². The zero-order chi connectivity index (χ0) is 12.1. The average molecular weight is 298 g/mol. The van der Waals surface area contributed by atoms with Crippen molar-refractivity contribution in [3.63, 3.8) is 0 Å². The lowest BCUT2D eigenvalue weighted by molar-refractivity contribution is 0.466. The van der Waals surface area contributed by atoms with E-state index in [1.54, 1.807) is 12.1 Å². The van der Waals surface area contributed by atoms with E-state index in [0.717, 1.165) is 29.0 Å². The van der Waals surface area contributed by atoms with Crippen molar-refractivity contribution in [2.45, 2.75) is 13.0 Å². The summed E-state index contributed by atoms with van der Waals surface area (Å²) in [5.74, 6) is 0.702. The second kappa shape index (κ2) is 5.98. The maximum absolute atomic E-state index is 12.9. The highest BCUT2D eigenvalue weighted by Gasteiger charge is 1.99. The summed E-state index contributed by atoms with van der Waals surface area (Å²) in [5, 5.41) is 3.25. The van der Waals surface area contributed by atoms with E-state index in [-0.39, 0.29) is 5.82 Å². The highest BCUT2D eigenvalue weighted by Crippen LogP contribution is 2.13. The molecular formula is C13H13BrFNO. The highest BCUT2D eigenvalue weighted by molar-refractivity contribution is 9.10. The third-order valence-corrected chi connectivity index (χ3v) is 2.83. The van der Waals surface area contributed by atoms with Gasteiger partial charge in [-0.2, -0.15) is 0 Å². The Labute approximate surface area is 108 Å². The monoisotopic (exact) mass is 297 g/mol. The molecular weight excluding hydrogens is 285 g/mol. The van der Waals surface area contributed by atoms with Gasteiger partial charge in [0.05, 0.1) is 6.54 Å². The van der Waals surface area contributed by atoms with E-state index >= 15 is 0 Å². The smallest absolute Gasteiger partial charge is 0.169 e. The van der Waals surface area contributed by atoms with Crippen LogP contribution in [0.3, 0.4) is 0 Å². The van der Waals surface area contributed by atoms with Gasteiger partial charge in [-0.1, -0.05) is 12.1 Å². The van der Waals surface area contributed by atoms with Crippen molar-refractivity contribution in [1.82, 2.24) is 5.32 Å². The minimum Gasteiger partial charge on any atom is -0.453 e.